The van der Waals surface area contributed by atoms with Gasteiger partial charge in [0.25, 0.3) is 5.91 Å². The van der Waals surface area contributed by atoms with E-state index >= 15 is 0 Å². The minimum atomic E-state index is -0.247. The van der Waals surface area contributed by atoms with Crippen LogP contribution < -0.4 is 11.1 Å². The van der Waals surface area contributed by atoms with E-state index in [2.05, 4.69) is 26.2 Å². The minimum absolute atomic E-state index is 0.247. The van der Waals surface area contributed by atoms with Crippen molar-refractivity contribution in [3.63, 3.8) is 0 Å². The number of hydrogen-bond donors (Lipinski definition) is 2. The lowest BCUT2D eigenvalue weighted by Crippen LogP contribution is -2.14. The normalized spacial score (nSPS) is 10.2. The maximum absolute atomic E-state index is 11.8. The molecule has 1 aromatic heterocycles. The highest BCUT2D eigenvalue weighted by Crippen LogP contribution is 2.28. The van der Waals surface area contributed by atoms with Gasteiger partial charge in [-0.25, -0.2) is 4.98 Å². The van der Waals surface area contributed by atoms with Crippen LogP contribution in [0.2, 0.25) is 0 Å². The first-order chi connectivity index (χ1) is 8.08. The Morgan fingerprint density at radius 3 is 2.88 bits per heavy atom. The summed E-state index contributed by atoms with van der Waals surface area (Å²) in [7, 11) is 0. The number of halogens is 1. The first kappa shape index (κ1) is 12.1. The second-order valence-electron chi connectivity index (χ2n) is 3.51. The molecule has 0 bridgehead atoms. The first-order valence-electron chi connectivity index (χ1n) is 4.83. The van der Waals surface area contributed by atoms with Crippen LogP contribution in [0.15, 0.2) is 27.5 Å². The Hall–Kier alpha value is -1.40. The highest BCUT2D eigenvalue weighted by molar-refractivity contribution is 9.10. The van der Waals surface area contributed by atoms with E-state index in [1.807, 2.05) is 13.0 Å². The van der Waals surface area contributed by atoms with Gasteiger partial charge in [0.2, 0.25) is 0 Å². The molecule has 0 aliphatic rings. The monoisotopic (exact) mass is 311 g/mol. The van der Waals surface area contributed by atoms with Crippen molar-refractivity contribution in [2.24, 2.45) is 0 Å². The molecule has 1 aromatic carbocycles. The average molecular weight is 312 g/mol. The highest BCUT2D eigenvalue weighted by atomic mass is 79.9. The van der Waals surface area contributed by atoms with Gasteiger partial charge in [0.1, 0.15) is 5.69 Å². The molecular weight excluding hydrogens is 302 g/mol. The van der Waals surface area contributed by atoms with Crippen molar-refractivity contribution in [2.45, 2.75) is 6.92 Å². The smallest absolute Gasteiger partial charge is 0.275 e. The molecule has 0 aliphatic heterocycles. The molecule has 0 aliphatic carbocycles. The number of aryl methyl sites for hydroxylation is 1. The second kappa shape index (κ2) is 4.85. The van der Waals surface area contributed by atoms with Crippen LogP contribution in [0.25, 0.3) is 0 Å². The van der Waals surface area contributed by atoms with E-state index in [1.165, 1.54) is 11.3 Å². The average Bonchev–Trinajstić information content (AvgIpc) is 2.76. The van der Waals surface area contributed by atoms with E-state index in [-0.39, 0.29) is 5.91 Å². The fraction of sp³-hybridized carbons (Fsp3) is 0.0909. The molecule has 3 N–H and O–H groups in total. The summed E-state index contributed by atoms with van der Waals surface area (Å²) in [5.41, 5.74) is 9.94. The third-order valence-corrected chi connectivity index (χ3v) is 3.28. The molecule has 2 rings (SSSR count). The molecule has 1 heterocycles. The van der Waals surface area contributed by atoms with Gasteiger partial charge < -0.3 is 11.1 Å². The van der Waals surface area contributed by atoms with Gasteiger partial charge in [-0.1, -0.05) is 15.9 Å². The number of amides is 1. The lowest BCUT2D eigenvalue weighted by molar-refractivity contribution is 0.102. The molecule has 2 aromatic rings. The number of carbonyl (C=O) groups is 1. The predicted molar refractivity (Wildman–Crippen MR) is 73.4 cm³/mol. The van der Waals surface area contributed by atoms with Crippen molar-refractivity contribution in [1.82, 2.24) is 4.98 Å². The van der Waals surface area contributed by atoms with E-state index in [1.54, 1.807) is 17.0 Å². The maximum Gasteiger partial charge on any atom is 0.275 e. The number of anilines is 2. The standard InChI is InChI=1S/C11H10BrN3OS/c1-6-2-7(12)3-8(13)10(6)15-11(16)9-4-17-5-14-9/h2-5H,13H2,1H3,(H,15,16). The Morgan fingerprint density at radius 2 is 2.29 bits per heavy atom. The summed E-state index contributed by atoms with van der Waals surface area (Å²) < 4.78 is 0.888. The Bertz CT molecular complexity index is 531. The van der Waals surface area contributed by atoms with Gasteiger partial charge in [0.15, 0.2) is 0 Å². The molecule has 6 heteroatoms. The predicted octanol–water partition coefficient (Wildman–Crippen LogP) is 3.05. The first-order valence-corrected chi connectivity index (χ1v) is 6.56. The molecular formula is C11H10BrN3OS. The molecule has 17 heavy (non-hydrogen) atoms. The summed E-state index contributed by atoms with van der Waals surface area (Å²) in [5.74, 6) is -0.247. The number of nitrogens with two attached hydrogens (primary N) is 1. The summed E-state index contributed by atoms with van der Waals surface area (Å²) in [5, 5.41) is 4.46. The van der Waals surface area contributed by atoms with Crippen LogP contribution in [0.3, 0.4) is 0 Å². The van der Waals surface area contributed by atoms with Gasteiger partial charge in [0.05, 0.1) is 16.9 Å². The molecule has 0 atom stereocenters. The zero-order valence-corrected chi connectivity index (χ0v) is 11.4. The summed E-state index contributed by atoms with van der Waals surface area (Å²) in [4.78, 5) is 15.8. The summed E-state index contributed by atoms with van der Waals surface area (Å²) in [6.45, 7) is 1.89. The summed E-state index contributed by atoms with van der Waals surface area (Å²) >= 11 is 4.73. The van der Waals surface area contributed by atoms with Crippen molar-refractivity contribution in [3.8, 4) is 0 Å². The van der Waals surface area contributed by atoms with Gasteiger partial charge in [-0.2, -0.15) is 0 Å². The molecule has 0 fully saturated rings. The largest absolute Gasteiger partial charge is 0.397 e. The zero-order chi connectivity index (χ0) is 12.4. The van der Waals surface area contributed by atoms with E-state index in [4.69, 9.17) is 5.73 Å². The van der Waals surface area contributed by atoms with Gasteiger partial charge in [-0.05, 0) is 24.6 Å². The van der Waals surface area contributed by atoms with Crippen LogP contribution in [0.4, 0.5) is 11.4 Å². The number of aromatic nitrogens is 1. The van der Waals surface area contributed by atoms with Gasteiger partial charge in [0, 0.05) is 9.85 Å². The lowest BCUT2D eigenvalue weighted by atomic mass is 10.1. The van der Waals surface area contributed by atoms with Gasteiger partial charge in [-0.15, -0.1) is 11.3 Å². The van der Waals surface area contributed by atoms with Crippen LogP contribution in [0.5, 0.6) is 0 Å². The lowest BCUT2D eigenvalue weighted by Gasteiger charge is -2.11. The topological polar surface area (TPSA) is 68.0 Å². The van der Waals surface area contributed by atoms with E-state index in [0.717, 1.165) is 10.0 Å². The molecule has 0 radical (unpaired) electrons. The molecule has 0 spiro atoms. The number of benzene rings is 1. The Labute approximate surface area is 111 Å². The van der Waals surface area contributed by atoms with Crippen molar-refractivity contribution in [2.75, 3.05) is 11.1 Å². The molecule has 0 saturated heterocycles. The van der Waals surface area contributed by atoms with E-state index < -0.39 is 0 Å². The van der Waals surface area contributed by atoms with Crippen LogP contribution >= 0.6 is 27.3 Å². The summed E-state index contributed by atoms with van der Waals surface area (Å²) in [6, 6.07) is 3.65. The number of hydrogen-bond acceptors (Lipinski definition) is 4. The SMILES string of the molecule is Cc1cc(Br)cc(N)c1NC(=O)c1cscn1. The van der Waals surface area contributed by atoms with Crippen molar-refractivity contribution in [3.05, 3.63) is 38.8 Å². The highest BCUT2D eigenvalue weighted by Gasteiger charge is 2.12. The van der Waals surface area contributed by atoms with Crippen molar-refractivity contribution < 1.29 is 4.79 Å². The zero-order valence-electron chi connectivity index (χ0n) is 9.03. The third kappa shape index (κ3) is 2.65. The number of nitrogens with one attached hydrogen (secondary N) is 1. The maximum atomic E-state index is 11.8. The third-order valence-electron chi connectivity index (χ3n) is 2.23. The van der Waals surface area contributed by atoms with Crippen molar-refractivity contribution in [1.29, 1.82) is 0 Å². The van der Waals surface area contributed by atoms with Crippen LogP contribution in [-0.4, -0.2) is 10.9 Å². The second-order valence-corrected chi connectivity index (χ2v) is 5.15. The van der Waals surface area contributed by atoms with Gasteiger partial charge in [-0.3, -0.25) is 4.79 Å². The molecule has 0 saturated carbocycles. The minimum Gasteiger partial charge on any atom is -0.397 e. The van der Waals surface area contributed by atoms with E-state index in [0.29, 0.717) is 17.1 Å². The molecule has 4 nitrogen and oxygen atoms in total. The Kier molecular flexibility index (Phi) is 3.44. The molecule has 1 amide bonds. The van der Waals surface area contributed by atoms with Crippen LogP contribution in [0.1, 0.15) is 16.1 Å². The number of nitrogens with zero attached hydrogens (tertiary/aromatic N) is 1. The number of carbonyl (C=O) groups excluding carboxylic acids is 1. The number of rotatable bonds is 2. The Balaban J connectivity index is 2.28. The van der Waals surface area contributed by atoms with Crippen molar-refractivity contribution >= 4 is 44.5 Å². The fourth-order valence-electron chi connectivity index (χ4n) is 1.44. The quantitative estimate of drug-likeness (QED) is 0.838. The fourth-order valence-corrected chi connectivity index (χ4v) is 2.56. The number of thiazole rings is 1. The molecule has 0 unspecified atom stereocenters. The van der Waals surface area contributed by atoms with Crippen LogP contribution in [0, 0.1) is 6.92 Å². The number of nitrogen functional groups attached to an aromatic ring is 1. The Morgan fingerprint density at radius 1 is 1.53 bits per heavy atom. The molecule has 88 valence electrons. The van der Waals surface area contributed by atoms with E-state index in [9.17, 15) is 4.79 Å². The summed E-state index contributed by atoms with van der Waals surface area (Å²) in [6.07, 6.45) is 0. The van der Waals surface area contributed by atoms with Crippen LogP contribution in [-0.2, 0) is 0 Å². The van der Waals surface area contributed by atoms with Gasteiger partial charge >= 0.3 is 0 Å².